The quantitative estimate of drug-likeness (QED) is 0.598. The summed E-state index contributed by atoms with van der Waals surface area (Å²) in [6, 6.07) is 6.24. The highest BCUT2D eigenvalue weighted by Gasteiger charge is 2.18. The fourth-order valence-corrected chi connectivity index (χ4v) is 2.37. The van der Waals surface area contributed by atoms with E-state index in [-0.39, 0.29) is 22.5 Å². The summed E-state index contributed by atoms with van der Waals surface area (Å²) in [5.74, 6) is -2.69. The molecule has 2 N–H and O–H groups in total. The summed E-state index contributed by atoms with van der Waals surface area (Å²) < 4.78 is 47.7. The molecule has 0 aliphatic rings. The van der Waals surface area contributed by atoms with Crippen LogP contribution in [0.2, 0.25) is 0 Å². The second-order valence-electron chi connectivity index (χ2n) is 4.97. The molecule has 0 aliphatic carbocycles. The Morgan fingerprint density at radius 1 is 1.04 bits per heavy atom. The van der Waals surface area contributed by atoms with Crippen LogP contribution in [0.3, 0.4) is 0 Å². The predicted molar refractivity (Wildman–Crippen MR) is 78.9 cm³/mol. The van der Waals surface area contributed by atoms with Crippen molar-refractivity contribution in [2.24, 2.45) is 0 Å². The molecule has 8 heteroatoms. The van der Waals surface area contributed by atoms with Crippen LogP contribution in [0.1, 0.15) is 0 Å². The van der Waals surface area contributed by atoms with Crippen molar-refractivity contribution in [3.05, 3.63) is 60.3 Å². The highest BCUT2D eigenvalue weighted by atomic mass is 19.1. The van der Waals surface area contributed by atoms with Crippen LogP contribution in [0.5, 0.6) is 11.5 Å². The molecule has 4 aromatic rings. The van der Waals surface area contributed by atoms with Gasteiger partial charge in [0.25, 0.3) is 0 Å². The van der Waals surface area contributed by atoms with E-state index in [2.05, 4.69) is 26.5 Å². The lowest BCUT2D eigenvalue weighted by molar-refractivity contribution is 0.410. The van der Waals surface area contributed by atoms with Crippen LogP contribution < -0.4 is 4.74 Å². The molecule has 0 atom stereocenters. The monoisotopic (exact) mass is 329 g/mol. The summed E-state index contributed by atoms with van der Waals surface area (Å²) in [4.78, 5) is 5.25. The molecule has 0 unspecified atom stereocenters. The van der Waals surface area contributed by atoms with Crippen molar-refractivity contribution in [3.8, 4) is 22.9 Å². The minimum absolute atomic E-state index is 0.0461. The van der Waals surface area contributed by atoms with Crippen molar-refractivity contribution >= 4 is 10.9 Å². The fourth-order valence-electron chi connectivity index (χ4n) is 2.37. The first-order valence-electron chi connectivity index (χ1n) is 6.85. The molecule has 0 bridgehead atoms. The van der Waals surface area contributed by atoms with Crippen molar-refractivity contribution in [2.45, 2.75) is 0 Å². The number of aromatic nitrogens is 4. The van der Waals surface area contributed by atoms with E-state index in [1.807, 2.05) is 0 Å². The molecule has 2 heterocycles. The number of ether oxygens (including phenoxy) is 1. The van der Waals surface area contributed by atoms with Crippen molar-refractivity contribution in [3.63, 3.8) is 0 Å². The number of benzene rings is 2. The lowest BCUT2D eigenvalue weighted by atomic mass is 10.2. The molecule has 0 amide bonds. The highest BCUT2D eigenvalue weighted by molar-refractivity contribution is 5.82. The molecule has 0 spiro atoms. The molecule has 0 fully saturated rings. The average Bonchev–Trinajstić information content (AvgIpc) is 3.24. The summed E-state index contributed by atoms with van der Waals surface area (Å²) in [6.45, 7) is 0. The van der Waals surface area contributed by atoms with E-state index in [1.54, 1.807) is 0 Å². The molecule has 4 rings (SSSR count). The van der Waals surface area contributed by atoms with Gasteiger partial charge in [-0.2, -0.15) is 0 Å². The van der Waals surface area contributed by atoms with E-state index in [4.69, 9.17) is 4.74 Å². The maximum Gasteiger partial charge on any atom is 0.199 e. The molecule has 1 radical (unpaired) electrons. The van der Waals surface area contributed by atoms with Crippen LogP contribution in [0.25, 0.3) is 22.3 Å². The zero-order chi connectivity index (χ0) is 16.7. The van der Waals surface area contributed by atoms with Gasteiger partial charge in [-0.1, -0.05) is 0 Å². The molecule has 0 saturated carbocycles. The lowest BCUT2D eigenvalue weighted by Crippen LogP contribution is -1.95. The Balaban J connectivity index is 1.78. The molecular formula is C16H8F3N4O. The summed E-state index contributed by atoms with van der Waals surface area (Å²) in [5.41, 5.74) is 0.360. The summed E-state index contributed by atoms with van der Waals surface area (Å²) in [5, 5.41) is 7.30. The van der Waals surface area contributed by atoms with E-state index in [0.29, 0.717) is 5.52 Å². The van der Waals surface area contributed by atoms with Crippen LogP contribution in [-0.2, 0) is 0 Å². The first-order chi connectivity index (χ1) is 11.6. The van der Waals surface area contributed by atoms with E-state index >= 15 is 0 Å². The summed E-state index contributed by atoms with van der Waals surface area (Å²) in [6.07, 6.45) is 3.84. The van der Waals surface area contributed by atoms with Crippen LogP contribution >= 0.6 is 0 Å². The van der Waals surface area contributed by atoms with E-state index in [9.17, 15) is 13.2 Å². The van der Waals surface area contributed by atoms with Gasteiger partial charge in [-0.15, -0.1) is 10.2 Å². The van der Waals surface area contributed by atoms with E-state index < -0.39 is 23.2 Å². The molecule has 5 nitrogen and oxygen atoms in total. The average molecular weight is 329 g/mol. The van der Waals surface area contributed by atoms with Gasteiger partial charge in [0.1, 0.15) is 11.6 Å². The third kappa shape index (κ3) is 2.28. The van der Waals surface area contributed by atoms with E-state index in [1.165, 1.54) is 24.4 Å². The van der Waals surface area contributed by atoms with Crippen LogP contribution in [0.4, 0.5) is 13.2 Å². The van der Waals surface area contributed by atoms with Crippen molar-refractivity contribution in [1.82, 2.24) is 20.2 Å². The number of rotatable bonds is 3. The zero-order valence-electron chi connectivity index (χ0n) is 11.9. The molecular weight excluding hydrogens is 321 g/mol. The Morgan fingerprint density at radius 3 is 2.71 bits per heavy atom. The Kier molecular flexibility index (Phi) is 3.23. The summed E-state index contributed by atoms with van der Waals surface area (Å²) >= 11 is 0. The molecule has 0 aliphatic heterocycles. The Morgan fingerprint density at radius 2 is 1.92 bits per heavy atom. The Bertz CT molecular complexity index is 1030. The zero-order valence-corrected chi connectivity index (χ0v) is 11.9. The molecule has 2 aromatic carbocycles. The molecule has 119 valence electrons. The lowest BCUT2D eigenvalue weighted by Gasteiger charge is -2.10. The van der Waals surface area contributed by atoms with Crippen molar-refractivity contribution in [1.29, 1.82) is 0 Å². The first kappa shape index (κ1) is 14.3. The van der Waals surface area contributed by atoms with Crippen LogP contribution in [0.15, 0.2) is 36.5 Å². The third-order valence-corrected chi connectivity index (χ3v) is 3.49. The topological polar surface area (TPSA) is 66.6 Å². The minimum Gasteiger partial charge on any atom is -0.451 e. The van der Waals surface area contributed by atoms with Gasteiger partial charge >= 0.3 is 0 Å². The SMILES string of the molecule is Fc1ccc(Oc2c(F)cc3[nH]ccc3c2F)cc1-c1nn[c][nH]1. The van der Waals surface area contributed by atoms with Gasteiger partial charge in [0.15, 0.2) is 29.5 Å². The van der Waals surface area contributed by atoms with Gasteiger partial charge in [-0.05, 0) is 24.3 Å². The maximum atomic E-state index is 14.4. The number of nitrogens with zero attached hydrogens (tertiary/aromatic N) is 2. The predicted octanol–water partition coefficient (Wildman–Crippen LogP) is 3.96. The number of fused-ring (bicyclic) bond motifs is 1. The van der Waals surface area contributed by atoms with Gasteiger partial charge in [0.05, 0.1) is 11.1 Å². The maximum absolute atomic E-state index is 14.4. The van der Waals surface area contributed by atoms with E-state index in [0.717, 1.165) is 12.1 Å². The molecule has 24 heavy (non-hydrogen) atoms. The number of hydrogen-bond donors (Lipinski definition) is 2. The first-order valence-corrected chi connectivity index (χ1v) is 6.85. The van der Waals surface area contributed by atoms with Gasteiger partial charge in [-0.3, -0.25) is 0 Å². The Labute approximate surface area is 133 Å². The third-order valence-electron chi connectivity index (χ3n) is 3.49. The molecule has 0 saturated heterocycles. The Hall–Kier alpha value is -3.29. The second-order valence-corrected chi connectivity index (χ2v) is 4.97. The normalized spacial score (nSPS) is 11.1. The number of H-pyrrole nitrogens is 2. The fraction of sp³-hybridized carbons (Fsp3) is 0. The number of hydrogen-bond acceptors (Lipinski definition) is 3. The van der Waals surface area contributed by atoms with Crippen molar-refractivity contribution in [2.75, 3.05) is 0 Å². The second kappa shape index (κ2) is 5.41. The summed E-state index contributed by atoms with van der Waals surface area (Å²) in [7, 11) is 0. The smallest absolute Gasteiger partial charge is 0.199 e. The minimum atomic E-state index is -0.874. The number of halogens is 3. The molecule has 2 aromatic heterocycles. The standard InChI is InChI=1S/C16H8F3N4O/c17-11-2-1-8(5-10(11)16-21-7-22-23-16)24-15-12(18)6-13-9(14(15)19)3-4-20-13/h1-6,20H,(H,21,22,23). The van der Waals surface area contributed by atoms with Gasteiger partial charge in [-0.25, -0.2) is 13.2 Å². The van der Waals surface area contributed by atoms with Gasteiger partial charge < -0.3 is 14.7 Å². The van der Waals surface area contributed by atoms with Gasteiger partial charge in [0, 0.05) is 17.6 Å². The van der Waals surface area contributed by atoms with Crippen LogP contribution in [0, 0.1) is 23.8 Å². The van der Waals surface area contributed by atoms with Gasteiger partial charge in [0.2, 0.25) is 0 Å². The number of nitrogens with one attached hydrogen (secondary N) is 2. The van der Waals surface area contributed by atoms with Crippen LogP contribution in [-0.4, -0.2) is 20.2 Å². The number of aromatic amines is 2. The largest absolute Gasteiger partial charge is 0.451 e. The van der Waals surface area contributed by atoms with Crippen molar-refractivity contribution < 1.29 is 17.9 Å². The highest BCUT2D eigenvalue weighted by Crippen LogP contribution is 2.34.